The van der Waals surface area contributed by atoms with Crippen LogP contribution in [0.25, 0.3) is 0 Å². The minimum atomic E-state index is -0.154. The van der Waals surface area contributed by atoms with Gasteiger partial charge < -0.3 is 5.32 Å². The highest BCUT2D eigenvalue weighted by Gasteiger charge is 2.14. The van der Waals surface area contributed by atoms with Crippen molar-refractivity contribution in [3.05, 3.63) is 63.1 Å². The van der Waals surface area contributed by atoms with Crippen LogP contribution in [0.2, 0.25) is 10.0 Å². The summed E-state index contributed by atoms with van der Waals surface area (Å²) in [5.41, 5.74) is 3.45. The van der Waals surface area contributed by atoms with E-state index >= 15 is 0 Å². The number of hydrogen-bond donors (Lipinski definition) is 1. The van der Waals surface area contributed by atoms with Crippen LogP contribution >= 0.6 is 23.2 Å². The minimum absolute atomic E-state index is 0.154. The Balaban J connectivity index is 2.36. The van der Waals surface area contributed by atoms with Crippen LogP contribution in [0.5, 0.6) is 0 Å². The fourth-order valence-electron chi connectivity index (χ4n) is 2.25. The molecular formula is C17H17Cl2NO. The Morgan fingerprint density at radius 2 is 1.67 bits per heavy atom. The molecule has 0 heterocycles. The van der Waals surface area contributed by atoms with Crippen LogP contribution in [0.1, 0.15) is 35.3 Å². The van der Waals surface area contributed by atoms with Crippen LogP contribution in [-0.2, 0) is 12.8 Å². The third kappa shape index (κ3) is 3.58. The highest BCUT2D eigenvalue weighted by atomic mass is 35.5. The fraction of sp³-hybridized carbons (Fsp3) is 0.235. The summed E-state index contributed by atoms with van der Waals surface area (Å²) in [4.78, 5) is 12.4. The van der Waals surface area contributed by atoms with Gasteiger partial charge in [-0.1, -0.05) is 43.1 Å². The number of anilines is 1. The molecule has 0 saturated heterocycles. The fourth-order valence-corrected chi connectivity index (χ4v) is 2.67. The number of carbonyl (C=O) groups excluding carboxylic acids is 1. The van der Waals surface area contributed by atoms with E-state index in [0.29, 0.717) is 15.6 Å². The second kappa shape index (κ2) is 6.97. The zero-order valence-corrected chi connectivity index (χ0v) is 13.6. The van der Waals surface area contributed by atoms with Gasteiger partial charge >= 0.3 is 0 Å². The molecule has 0 aliphatic carbocycles. The molecule has 0 radical (unpaired) electrons. The van der Waals surface area contributed by atoms with Crippen LogP contribution in [0.3, 0.4) is 0 Å². The molecule has 0 saturated carbocycles. The van der Waals surface area contributed by atoms with Gasteiger partial charge in [0.1, 0.15) is 0 Å². The number of amides is 1. The molecule has 4 heteroatoms. The molecule has 21 heavy (non-hydrogen) atoms. The molecule has 2 aromatic rings. The van der Waals surface area contributed by atoms with Crippen molar-refractivity contribution in [2.75, 3.05) is 5.32 Å². The van der Waals surface area contributed by atoms with Crippen molar-refractivity contribution in [1.82, 2.24) is 0 Å². The van der Waals surface area contributed by atoms with Crippen LogP contribution in [-0.4, -0.2) is 5.91 Å². The van der Waals surface area contributed by atoms with Gasteiger partial charge in [-0.15, -0.1) is 0 Å². The van der Waals surface area contributed by atoms with Crippen molar-refractivity contribution in [2.45, 2.75) is 26.7 Å². The van der Waals surface area contributed by atoms with Crippen LogP contribution in [0.4, 0.5) is 5.69 Å². The molecule has 0 fully saturated rings. The molecule has 0 unspecified atom stereocenters. The Bertz CT molecular complexity index is 651. The molecule has 0 spiro atoms. The van der Waals surface area contributed by atoms with E-state index in [4.69, 9.17) is 23.2 Å². The molecule has 2 nitrogen and oxygen atoms in total. The molecule has 2 rings (SSSR count). The first kappa shape index (κ1) is 15.9. The predicted molar refractivity (Wildman–Crippen MR) is 89.6 cm³/mol. The summed E-state index contributed by atoms with van der Waals surface area (Å²) in [7, 11) is 0. The second-order valence-corrected chi connectivity index (χ2v) is 5.57. The lowest BCUT2D eigenvalue weighted by atomic mass is 10.0. The van der Waals surface area contributed by atoms with Gasteiger partial charge in [0.15, 0.2) is 0 Å². The molecule has 110 valence electrons. The Morgan fingerprint density at radius 3 is 2.24 bits per heavy atom. The Morgan fingerprint density at radius 1 is 1.00 bits per heavy atom. The molecule has 1 amide bonds. The molecule has 0 aliphatic heterocycles. The van der Waals surface area contributed by atoms with Gasteiger partial charge in [-0.3, -0.25) is 4.79 Å². The highest BCUT2D eigenvalue weighted by molar-refractivity contribution is 6.32. The number of nitrogens with one attached hydrogen (secondary N) is 1. The van der Waals surface area contributed by atoms with Gasteiger partial charge in [-0.2, -0.15) is 0 Å². The number of hydrogen-bond acceptors (Lipinski definition) is 1. The zero-order valence-electron chi connectivity index (χ0n) is 12.0. The smallest absolute Gasteiger partial charge is 0.255 e. The SMILES string of the molecule is CCc1ccc(Cl)c(CC)c1NC(=O)c1ccc(Cl)cc1. The van der Waals surface area contributed by atoms with E-state index in [1.54, 1.807) is 24.3 Å². The summed E-state index contributed by atoms with van der Waals surface area (Å²) in [5.74, 6) is -0.154. The molecule has 0 aliphatic rings. The predicted octanol–water partition coefficient (Wildman–Crippen LogP) is 5.37. The minimum Gasteiger partial charge on any atom is -0.321 e. The van der Waals surface area contributed by atoms with Gasteiger partial charge in [0.2, 0.25) is 0 Å². The summed E-state index contributed by atoms with van der Waals surface area (Å²) in [6.07, 6.45) is 1.60. The summed E-state index contributed by atoms with van der Waals surface area (Å²) >= 11 is 12.1. The lowest BCUT2D eigenvalue weighted by Gasteiger charge is -2.16. The van der Waals surface area contributed by atoms with Gasteiger partial charge in [0.25, 0.3) is 5.91 Å². The number of halogens is 2. The van der Waals surface area contributed by atoms with E-state index in [-0.39, 0.29) is 5.91 Å². The van der Waals surface area contributed by atoms with E-state index in [0.717, 1.165) is 29.7 Å². The van der Waals surface area contributed by atoms with Gasteiger partial charge in [0.05, 0.1) is 0 Å². The van der Waals surface area contributed by atoms with Crippen molar-refractivity contribution >= 4 is 34.8 Å². The topological polar surface area (TPSA) is 29.1 Å². The summed E-state index contributed by atoms with van der Waals surface area (Å²) in [6, 6.07) is 10.7. The summed E-state index contributed by atoms with van der Waals surface area (Å²) in [6.45, 7) is 4.08. The van der Waals surface area contributed by atoms with E-state index in [2.05, 4.69) is 12.2 Å². The number of carbonyl (C=O) groups is 1. The first-order valence-corrected chi connectivity index (χ1v) is 7.69. The van der Waals surface area contributed by atoms with Crippen molar-refractivity contribution in [3.63, 3.8) is 0 Å². The standard InChI is InChI=1S/C17H17Cl2NO/c1-3-11-7-10-15(19)14(4-2)16(11)20-17(21)12-5-8-13(18)9-6-12/h5-10H,3-4H2,1-2H3,(H,20,21). The Hall–Kier alpha value is -1.51. The van der Waals surface area contributed by atoms with Gasteiger partial charge in [0, 0.05) is 21.3 Å². The normalized spacial score (nSPS) is 10.5. The molecule has 2 aromatic carbocycles. The van der Waals surface area contributed by atoms with E-state index in [1.807, 2.05) is 19.1 Å². The van der Waals surface area contributed by atoms with Crippen molar-refractivity contribution < 1.29 is 4.79 Å². The second-order valence-electron chi connectivity index (χ2n) is 4.73. The number of rotatable bonds is 4. The average molecular weight is 322 g/mol. The molecule has 0 atom stereocenters. The van der Waals surface area contributed by atoms with Crippen molar-refractivity contribution in [1.29, 1.82) is 0 Å². The maximum atomic E-state index is 12.4. The maximum Gasteiger partial charge on any atom is 0.255 e. The number of benzene rings is 2. The summed E-state index contributed by atoms with van der Waals surface area (Å²) in [5, 5.41) is 4.28. The van der Waals surface area contributed by atoms with Crippen LogP contribution in [0, 0.1) is 0 Å². The molecule has 0 aromatic heterocycles. The van der Waals surface area contributed by atoms with Crippen molar-refractivity contribution in [2.24, 2.45) is 0 Å². The van der Waals surface area contributed by atoms with Crippen LogP contribution < -0.4 is 5.32 Å². The summed E-state index contributed by atoms with van der Waals surface area (Å²) < 4.78 is 0. The third-order valence-electron chi connectivity index (χ3n) is 3.42. The molecule has 1 N–H and O–H groups in total. The largest absolute Gasteiger partial charge is 0.321 e. The third-order valence-corrected chi connectivity index (χ3v) is 4.03. The van der Waals surface area contributed by atoms with Crippen molar-refractivity contribution in [3.8, 4) is 0 Å². The Labute approximate surface area is 135 Å². The van der Waals surface area contributed by atoms with E-state index in [9.17, 15) is 4.79 Å². The van der Waals surface area contributed by atoms with E-state index < -0.39 is 0 Å². The molecule has 0 bridgehead atoms. The van der Waals surface area contributed by atoms with E-state index in [1.165, 1.54) is 0 Å². The highest BCUT2D eigenvalue weighted by Crippen LogP contribution is 2.30. The maximum absolute atomic E-state index is 12.4. The monoisotopic (exact) mass is 321 g/mol. The number of aryl methyl sites for hydroxylation is 1. The first-order valence-electron chi connectivity index (χ1n) is 6.94. The van der Waals surface area contributed by atoms with Crippen LogP contribution in [0.15, 0.2) is 36.4 Å². The quantitative estimate of drug-likeness (QED) is 0.805. The molecular weight excluding hydrogens is 305 g/mol. The zero-order chi connectivity index (χ0) is 15.4. The Kier molecular flexibility index (Phi) is 5.27. The van der Waals surface area contributed by atoms with Gasteiger partial charge in [-0.05, 0) is 54.3 Å². The average Bonchev–Trinajstić information content (AvgIpc) is 2.48. The lowest BCUT2D eigenvalue weighted by Crippen LogP contribution is -2.15. The van der Waals surface area contributed by atoms with Gasteiger partial charge in [-0.25, -0.2) is 0 Å². The lowest BCUT2D eigenvalue weighted by molar-refractivity contribution is 0.102. The first-order chi connectivity index (χ1) is 10.1.